The molecule has 4 heteroatoms. The Hall–Kier alpha value is -2.85. The smallest absolute Gasteiger partial charge is 0.230 e. The highest BCUT2D eigenvalue weighted by Gasteiger charge is 2.37. The Balaban J connectivity index is 1.61. The van der Waals surface area contributed by atoms with Crippen molar-refractivity contribution in [3.8, 4) is 0 Å². The van der Waals surface area contributed by atoms with E-state index in [1.165, 1.54) is 33.2 Å². The molecular formula is C24H25N3O. The lowest BCUT2D eigenvalue weighted by Crippen LogP contribution is -2.47. The molecule has 28 heavy (non-hydrogen) atoms. The highest BCUT2D eigenvalue weighted by Crippen LogP contribution is 2.41. The van der Waals surface area contributed by atoms with Crippen molar-refractivity contribution < 1.29 is 4.79 Å². The molecule has 0 saturated carbocycles. The summed E-state index contributed by atoms with van der Waals surface area (Å²) in [5.74, 6) is 0.0664. The average molecular weight is 371 g/mol. The van der Waals surface area contributed by atoms with Gasteiger partial charge in [-0.15, -0.1) is 0 Å². The molecule has 0 saturated heterocycles. The van der Waals surface area contributed by atoms with Gasteiger partial charge in [0.1, 0.15) is 0 Å². The van der Waals surface area contributed by atoms with E-state index >= 15 is 0 Å². The molecule has 1 aromatic heterocycles. The van der Waals surface area contributed by atoms with E-state index in [4.69, 9.17) is 0 Å². The van der Waals surface area contributed by atoms with E-state index in [9.17, 15) is 4.79 Å². The Morgan fingerprint density at radius 2 is 1.96 bits per heavy atom. The first kappa shape index (κ1) is 17.3. The van der Waals surface area contributed by atoms with Crippen molar-refractivity contribution in [2.45, 2.75) is 19.0 Å². The molecule has 1 N–H and O–H groups in total. The van der Waals surface area contributed by atoms with Gasteiger partial charge in [-0.2, -0.15) is 0 Å². The monoisotopic (exact) mass is 371 g/mol. The lowest BCUT2D eigenvalue weighted by molar-refractivity contribution is -0.132. The average Bonchev–Trinajstić information content (AvgIpc) is 3.13. The topological polar surface area (TPSA) is 39.3 Å². The van der Waals surface area contributed by atoms with E-state index < -0.39 is 0 Å². The number of benzene rings is 2. The number of nitrogens with zero attached hydrogens (tertiary/aromatic N) is 2. The van der Waals surface area contributed by atoms with Crippen LogP contribution in [0.15, 0.2) is 60.8 Å². The third-order valence-corrected chi connectivity index (χ3v) is 6.11. The summed E-state index contributed by atoms with van der Waals surface area (Å²) >= 11 is 0. The number of hydrogen-bond donors (Lipinski definition) is 1. The van der Waals surface area contributed by atoms with E-state index in [0.717, 1.165) is 19.5 Å². The number of rotatable bonds is 3. The molecule has 2 aliphatic rings. The molecule has 1 amide bonds. The Kier molecular flexibility index (Phi) is 4.09. The van der Waals surface area contributed by atoms with Crippen molar-refractivity contribution in [2.75, 3.05) is 20.6 Å². The van der Waals surface area contributed by atoms with Crippen molar-refractivity contribution in [3.05, 3.63) is 77.5 Å². The number of aromatic nitrogens is 1. The zero-order valence-electron chi connectivity index (χ0n) is 16.4. The van der Waals surface area contributed by atoms with Gasteiger partial charge in [-0.1, -0.05) is 48.5 Å². The first-order chi connectivity index (χ1) is 13.6. The highest BCUT2D eigenvalue weighted by atomic mass is 16.2. The molecule has 5 rings (SSSR count). The fraction of sp³-hybridized carbons (Fsp3) is 0.292. The van der Waals surface area contributed by atoms with Crippen LogP contribution in [0.2, 0.25) is 0 Å². The zero-order chi connectivity index (χ0) is 19.3. The SMILES string of the molecule is CN(C)C(=O)[C@@H]1C=C2c3cccc4[nH]cc(c34)C[C@H]2N(Cc2ccccc2)C1. The molecule has 2 aromatic carbocycles. The minimum absolute atomic E-state index is 0.110. The van der Waals surface area contributed by atoms with E-state index in [2.05, 4.69) is 70.7 Å². The van der Waals surface area contributed by atoms with Crippen LogP contribution in [-0.2, 0) is 17.8 Å². The molecule has 0 unspecified atom stereocenters. The van der Waals surface area contributed by atoms with Gasteiger partial charge in [-0.25, -0.2) is 0 Å². The number of fused-ring (bicyclic) bond motifs is 2. The summed E-state index contributed by atoms with van der Waals surface area (Å²) in [4.78, 5) is 20.5. The Labute approximate surface area is 165 Å². The van der Waals surface area contributed by atoms with Gasteiger partial charge in [-0.05, 0) is 34.8 Å². The molecule has 3 aromatic rings. The second-order valence-corrected chi connectivity index (χ2v) is 8.14. The number of carbonyl (C=O) groups excluding carboxylic acids is 1. The van der Waals surface area contributed by atoms with Crippen molar-refractivity contribution in [1.82, 2.24) is 14.8 Å². The van der Waals surface area contributed by atoms with Gasteiger partial charge < -0.3 is 9.88 Å². The van der Waals surface area contributed by atoms with E-state index in [1.54, 1.807) is 4.90 Å². The summed E-state index contributed by atoms with van der Waals surface area (Å²) in [7, 11) is 3.70. The minimum Gasteiger partial charge on any atom is -0.361 e. The summed E-state index contributed by atoms with van der Waals surface area (Å²) < 4.78 is 0. The van der Waals surface area contributed by atoms with Gasteiger partial charge in [0.25, 0.3) is 0 Å². The van der Waals surface area contributed by atoms with Gasteiger partial charge in [0, 0.05) is 50.3 Å². The maximum Gasteiger partial charge on any atom is 0.230 e. The van der Waals surface area contributed by atoms with Gasteiger partial charge in [0.05, 0.1) is 5.92 Å². The maximum absolute atomic E-state index is 12.9. The first-order valence-corrected chi connectivity index (χ1v) is 9.92. The lowest BCUT2D eigenvalue weighted by atomic mass is 9.79. The summed E-state index contributed by atoms with van der Waals surface area (Å²) in [5, 5.41) is 1.32. The molecule has 0 radical (unpaired) electrons. The molecule has 0 bridgehead atoms. The Morgan fingerprint density at radius 3 is 2.75 bits per heavy atom. The van der Waals surface area contributed by atoms with Crippen molar-refractivity contribution in [1.29, 1.82) is 0 Å². The summed E-state index contributed by atoms with van der Waals surface area (Å²) in [6, 6.07) is 17.3. The fourth-order valence-electron chi connectivity index (χ4n) is 4.80. The second-order valence-electron chi connectivity index (χ2n) is 8.14. The molecule has 2 heterocycles. The van der Waals surface area contributed by atoms with E-state index in [-0.39, 0.29) is 11.8 Å². The standard InChI is InChI=1S/C24H25N3O/c1-26(2)24(28)18-11-20-19-9-6-10-21-23(19)17(13-25-21)12-22(20)27(15-18)14-16-7-4-3-5-8-16/h3-11,13,18,22,25H,12,14-15H2,1-2H3/t18-,22-/m1/s1. The largest absolute Gasteiger partial charge is 0.361 e. The maximum atomic E-state index is 12.9. The van der Waals surface area contributed by atoms with Crippen LogP contribution >= 0.6 is 0 Å². The number of carbonyl (C=O) groups is 1. The molecule has 2 atom stereocenters. The van der Waals surface area contributed by atoms with Crippen LogP contribution in [-0.4, -0.2) is 47.4 Å². The van der Waals surface area contributed by atoms with Crippen molar-refractivity contribution >= 4 is 22.4 Å². The summed E-state index contributed by atoms with van der Waals surface area (Å²) in [6.07, 6.45) is 5.38. The van der Waals surface area contributed by atoms with Gasteiger partial charge >= 0.3 is 0 Å². The van der Waals surface area contributed by atoms with Crippen LogP contribution in [0.4, 0.5) is 0 Å². The second kappa shape index (κ2) is 6.64. The number of H-pyrrole nitrogens is 1. The van der Waals surface area contributed by atoms with Gasteiger partial charge in [-0.3, -0.25) is 9.69 Å². The van der Waals surface area contributed by atoms with Crippen molar-refractivity contribution in [3.63, 3.8) is 0 Å². The molecular weight excluding hydrogens is 346 g/mol. The molecule has 142 valence electrons. The summed E-state index contributed by atoms with van der Waals surface area (Å²) in [5.41, 5.74) is 6.43. The van der Waals surface area contributed by atoms with Crippen LogP contribution in [0.25, 0.3) is 16.5 Å². The predicted octanol–water partition coefficient (Wildman–Crippen LogP) is 3.70. The van der Waals surface area contributed by atoms with E-state index in [0.29, 0.717) is 6.04 Å². The molecule has 4 nitrogen and oxygen atoms in total. The Bertz CT molecular complexity index is 1060. The lowest BCUT2D eigenvalue weighted by Gasteiger charge is -2.42. The van der Waals surface area contributed by atoms with E-state index in [1.807, 2.05) is 14.1 Å². The molecule has 0 fully saturated rings. The quantitative estimate of drug-likeness (QED) is 0.763. The molecule has 1 aliphatic heterocycles. The number of aromatic amines is 1. The fourth-order valence-corrected chi connectivity index (χ4v) is 4.80. The summed E-state index contributed by atoms with van der Waals surface area (Å²) in [6.45, 7) is 1.62. The Morgan fingerprint density at radius 1 is 1.14 bits per heavy atom. The van der Waals surface area contributed by atoms with Gasteiger partial charge in [0.15, 0.2) is 0 Å². The van der Waals surface area contributed by atoms with Gasteiger partial charge in [0.2, 0.25) is 5.91 Å². The molecule has 0 spiro atoms. The molecule has 1 aliphatic carbocycles. The minimum atomic E-state index is -0.110. The first-order valence-electron chi connectivity index (χ1n) is 9.92. The number of hydrogen-bond acceptors (Lipinski definition) is 2. The zero-order valence-corrected chi connectivity index (χ0v) is 16.4. The van der Waals surface area contributed by atoms with Crippen LogP contribution < -0.4 is 0 Å². The van der Waals surface area contributed by atoms with Crippen LogP contribution in [0.3, 0.4) is 0 Å². The van der Waals surface area contributed by atoms with Crippen LogP contribution in [0, 0.1) is 5.92 Å². The predicted molar refractivity (Wildman–Crippen MR) is 113 cm³/mol. The van der Waals surface area contributed by atoms with Crippen LogP contribution in [0.1, 0.15) is 16.7 Å². The normalized spacial score (nSPS) is 21.3. The highest BCUT2D eigenvalue weighted by molar-refractivity contribution is 5.99. The third-order valence-electron chi connectivity index (χ3n) is 6.11. The number of nitrogens with one attached hydrogen (secondary N) is 1. The third kappa shape index (κ3) is 2.76. The van der Waals surface area contributed by atoms with Crippen LogP contribution in [0.5, 0.6) is 0 Å². The number of amides is 1. The van der Waals surface area contributed by atoms with Crippen molar-refractivity contribution in [2.24, 2.45) is 5.92 Å².